The molecule has 1 aromatic rings. The predicted molar refractivity (Wildman–Crippen MR) is 67.2 cm³/mol. The van der Waals surface area contributed by atoms with Crippen molar-refractivity contribution < 1.29 is 18.4 Å². The Bertz CT molecular complexity index is 614. The van der Waals surface area contributed by atoms with Crippen LogP contribution in [0.5, 0.6) is 0 Å². The average Bonchev–Trinajstić information content (AvgIpc) is 2.76. The minimum absolute atomic E-state index is 0.0322. The number of sulfonamides is 1. The number of hydrogen-bond acceptors (Lipinski definition) is 5. The Hall–Kier alpha value is -1.51. The van der Waals surface area contributed by atoms with E-state index in [9.17, 15) is 23.6 Å². The highest BCUT2D eigenvalue weighted by molar-refractivity contribution is 7.89. The molecule has 2 rings (SSSR count). The first-order valence-corrected chi connectivity index (χ1v) is 7.19. The number of hydrogen-bond donors (Lipinski definition) is 1. The molecule has 0 radical (unpaired) electrons. The van der Waals surface area contributed by atoms with Crippen LogP contribution in [0.2, 0.25) is 0 Å². The van der Waals surface area contributed by atoms with Gasteiger partial charge in [-0.3, -0.25) is 10.1 Å². The van der Waals surface area contributed by atoms with E-state index in [2.05, 4.69) is 0 Å². The lowest BCUT2D eigenvalue weighted by Gasteiger charge is -2.17. The maximum atomic E-state index is 12.4. The van der Waals surface area contributed by atoms with Crippen LogP contribution in [-0.2, 0) is 10.0 Å². The first-order chi connectivity index (χ1) is 8.82. The van der Waals surface area contributed by atoms with Crippen molar-refractivity contribution in [2.24, 2.45) is 0 Å². The van der Waals surface area contributed by atoms with Gasteiger partial charge in [0, 0.05) is 25.2 Å². The van der Waals surface area contributed by atoms with E-state index in [1.807, 2.05) is 0 Å². The molecule has 1 saturated heterocycles. The van der Waals surface area contributed by atoms with E-state index in [0.29, 0.717) is 12.0 Å². The number of aryl methyl sites for hydroxylation is 1. The number of benzene rings is 1. The van der Waals surface area contributed by atoms with Crippen molar-refractivity contribution >= 4 is 15.7 Å². The fraction of sp³-hybridized carbons (Fsp3) is 0.455. The number of rotatable bonds is 3. The standard InChI is InChI=1S/C11H14N2O5S/c1-8-2-3-9(13(15)16)6-11(8)19(17,18)12-5-4-10(14)7-12/h2-3,6,10,14H,4-5,7H2,1H3/t10-/m0/s1. The van der Waals surface area contributed by atoms with Gasteiger partial charge < -0.3 is 5.11 Å². The van der Waals surface area contributed by atoms with E-state index in [0.717, 1.165) is 10.4 Å². The van der Waals surface area contributed by atoms with Gasteiger partial charge in [0.1, 0.15) is 0 Å². The first kappa shape index (κ1) is 13.9. The fourth-order valence-corrected chi connectivity index (χ4v) is 3.79. The monoisotopic (exact) mass is 286 g/mol. The van der Waals surface area contributed by atoms with Gasteiger partial charge in [-0.1, -0.05) is 6.07 Å². The first-order valence-electron chi connectivity index (χ1n) is 5.75. The van der Waals surface area contributed by atoms with Crippen molar-refractivity contribution in [2.45, 2.75) is 24.3 Å². The van der Waals surface area contributed by atoms with Gasteiger partial charge in [0.15, 0.2) is 0 Å². The van der Waals surface area contributed by atoms with Crippen molar-refractivity contribution in [1.29, 1.82) is 0 Å². The molecular weight excluding hydrogens is 272 g/mol. The molecule has 1 fully saturated rings. The highest BCUT2D eigenvalue weighted by atomic mass is 32.2. The smallest absolute Gasteiger partial charge is 0.270 e. The summed E-state index contributed by atoms with van der Waals surface area (Å²) < 4.78 is 25.9. The van der Waals surface area contributed by atoms with Crippen LogP contribution in [0.3, 0.4) is 0 Å². The van der Waals surface area contributed by atoms with Crippen LogP contribution in [0.25, 0.3) is 0 Å². The SMILES string of the molecule is Cc1ccc([N+](=O)[O-])cc1S(=O)(=O)N1CC[C@H](O)C1. The van der Waals surface area contributed by atoms with Crippen LogP contribution in [-0.4, -0.2) is 41.9 Å². The van der Waals surface area contributed by atoms with Gasteiger partial charge in [-0.05, 0) is 18.9 Å². The highest BCUT2D eigenvalue weighted by Gasteiger charge is 2.33. The van der Waals surface area contributed by atoms with Gasteiger partial charge in [-0.2, -0.15) is 4.31 Å². The minimum atomic E-state index is -3.79. The molecule has 0 saturated carbocycles. The number of aliphatic hydroxyl groups is 1. The summed E-state index contributed by atoms with van der Waals surface area (Å²) in [6, 6.07) is 3.75. The quantitative estimate of drug-likeness (QED) is 0.649. The van der Waals surface area contributed by atoms with E-state index < -0.39 is 21.1 Å². The summed E-state index contributed by atoms with van der Waals surface area (Å²) in [5, 5.41) is 20.1. The second-order valence-electron chi connectivity index (χ2n) is 4.51. The fourth-order valence-electron chi connectivity index (χ4n) is 2.05. The van der Waals surface area contributed by atoms with Crippen molar-refractivity contribution in [2.75, 3.05) is 13.1 Å². The zero-order valence-corrected chi connectivity index (χ0v) is 11.1. The second kappa shape index (κ2) is 4.87. The Labute approximate surface area is 110 Å². The van der Waals surface area contributed by atoms with E-state index >= 15 is 0 Å². The molecule has 0 spiro atoms. The normalized spacial score (nSPS) is 20.6. The molecule has 8 heteroatoms. The van der Waals surface area contributed by atoms with Crippen molar-refractivity contribution in [1.82, 2.24) is 4.31 Å². The maximum Gasteiger partial charge on any atom is 0.270 e. The van der Waals surface area contributed by atoms with Crippen LogP contribution in [0.4, 0.5) is 5.69 Å². The van der Waals surface area contributed by atoms with Gasteiger partial charge in [0.05, 0.1) is 15.9 Å². The Kier molecular flexibility index (Phi) is 3.57. The van der Waals surface area contributed by atoms with E-state index in [1.165, 1.54) is 12.1 Å². The van der Waals surface area contributed by atoms with Crippen LogP contribution in [0, 0.1) is 17.0 Å². The van der Waals surface area contributed by atoms with Gasteiger partial charge in [-0.15, -0.1) is 0 Å². The molecule has 1 atom stereocenters. The maximum absolute atomic E-state index is 12.4. The third kappa shape index (κ3) is 2.60. The number of nitrogens with zero attached hydrogens (tertiary/aromatic N) is 2. The zero-order chi connectivity index (χ0) is 14.2. The van der Waals surface area contributed by atoms with E-state index in [1.54, 1.807) is 6.92 Å². The summed E-state index contributed by atoms with van der Waals surface area (Å²) in [6.45, 7) is 1.85. The molecule has 0 amide bonds. The Morgan fingerprint density at radius 3 is 2.68 bits per heavy atom. The number of nitro benzene ring substituents is 1. The highest BCUT2D eigenvalue weighted by Crippen LogP contribution is 2.27. The molecule has 1 aliphatic rings. The molecular formula is C11H14N2O5S. The Morgan fingerprint density at radius 1 is 1.47 bits per heavy atom. The molecule has 1 aromatic carbocycles. The summed E-state index contributed by atoms with van der Waals surface area (Å²) in [4.78, 5) is 10.0. The van der Waals surface area contributed by atoms with Gasteiger partial charge in [0.2, 0.25) is 10.0 Å². The van der Waals surface area contributed by atoms with E-state index in [-0.39, 0.29) is 23.7 Å². The molecule has 1 N–H and O–H groups in total. The molecule has 7 nitrogen and oxygen atoms in total. The molecule has 0 aliphatic carbocycles. The van der Waals surface area contributed by atoms with Crippen LogP contribution in [0.15, 0.2) is 23.1 Å². The second-order valence-corrected chi connectivity index (χ2v) is 6.42. The number of aliphatic hydroxyl groups excluding tert-OH is 1. The Morgan fingerprint density at radius 2 is 2.16 bits per heavy atom. The van der Waals surface area contributed by atoms with Crippen molar-refractivity contribution in [3.8, 4) is 0 Å². The van der Waals surface area contributed by atoms with Gasteiger partial charge in [-0.25, -0.2) is 8.42 Å². The van der Waals surface area contributed by atoms with Gasteiger partial charge in [0.25, 0.3) is 5.69 Å². The topological polar surface area (TPSA) is 101 Å². The van der Waals surface area contributed by atoms with Crippen molar-refractivity contribution in [3.63, 3.8) is 0 Å². The van der Waals surface area contributed by atoms with Gasteiger partial charge >= 0.3 is 0 Å². The molecule has 1 heterocycles. The number of non-ortho nitro benzene ring substituents is 1. The van der Waals surface area contributed by atoms with Crippen LogP contribution < -0.4 is 0 Å². The van der Waals surface area contributed by atoms with Crippen LogP contribution in [0.1, 0.15) is 12.0 Å². The number of nitro groups is 1. The average molecular weight is 286 g/mol. The van der Waals surface area contributed by atoms with Crippen LogP contribution >= 0.6 is 0 Å². The summed E-state index contributed by atoms with van der Waals surface area (Å²) in [7, 11) is -3.79. The molecule has 0 unspecified atom stereocenters. The summed E-state index contributed by atoms with van der Waals surface area (Å²) >= 11 is 0. The predicted octanol–water partition coefficient (Wildman–Crippen LogP) is 0.659. The number of β-amino-alcohol motifs (C(OH)–C–C–N with tert-alkyl or cyclic N) is 1. The molecule has 104 valence electrons. The lowest BCUT2D eigenvalue weighted by atomic mass is 10.2. The third-order valence-corrected chi connectivity index (χ3v) is 5.13. The largest absolute Gasteiger partial charge is 0.392 e. The minimum Gasteiger partial charge on any atom is -0.392 e. The molecule has 0 bridgehead atoms. The molecule has 1 aliphatic heterocycles. The summed E-state index contributed by atoms with van der Waals surface area (Å²) in [6.07, 6.45) is -0.290. The van der Waals surface area contributed by atoms with E-state index in [4.69, 9.17) is 0 Å². The summed E-state index contributed by atoms with van der Waals surface area (Å²) in [5.74, 6) is 0. The lowest BCUT2D eigenvalue weighted by Crippen LogP contribution is -2.30. The van der Waals surface area contributed by atoms with Crippen molar-refractivity contribution in [3.05, 3.63) is 33.9 Å². The Balaban J connectivity index is 2.45. The lowest BCUT2D eigenvalue weighted by molar-refractivity contribution is -0.385. The molecule has 0 aromatic heterocycles. The molecule has 19 heavy (non-hydrogen) atoms. The third-order valence-electron chi connectivity index (χ3n) is 3.13. The zero-order valence-electron chi connectivity index (χ0n) is 10.3. The summed E-state index contributed by atoms with van der Waals surface area (Å²) in [5.41, 5.74) is 0.191.